The molecule has 7 heteroatoms. The van der Waals surface area contributed by atoms with Gasteiger partial charge in [-0.1, -0.05) is 55.6 Å². The Labute approximate surface area is 142 Å². The monoisotopic (exact) mass is 436 g/mol. The van der Waals surface area contributed by atoms with Crippen molar-refractivity contribution in [3.8, 4) is 0 Å². The van der Waals surface area contributed by atoms with Crippen LogP contribution >= 0.6 is 54.8 Å². The molecule has 0 fully saturated rings. The van der Waals surface area contributed by atoms with E-state index in [1.807, 2.05) is 24.3 Å². The molecule has 1 unspecified atom stereocenters. The maximum atomic E-state index is 11.4. The van der Waals surface area contributed by atoms with E-state index in [0.717, 1.165) is 11.3 Å². The molecule has 3 nitrogen and oxygen atoms in total. The van der Waals surface area contributed by atoms with Crippen molar-refractivity contribution in [3.05, 3.63) is 50.9 Å². The summed E-state index contributed by atoms with van der Waals surface area (Å²) in [6.45, 7) is 0. The number of rotatable bonds is 5. The van der Waals surface area contributed by atoms with E-state index in [9.17, 15) is 4.79 Å². The fraction of sp³-hybridized carbons (Fsp3) is 0.231. The first kappa shape index (κ1) is 15.9. The standard InChI is InChI=1S/C13H11Br2ClN2OS/c14-12(15)9(7-1-3-8(16)4-2-7)5-10-11(13(17)19)20-6-18-10/h1-4,6,9,12H,5H2,(H2,17,19). The number of amides is 1. The van der Waals surface area contributed by atoms with Gasteiger partial charge in [0.05, 0.1) is 14.9 Å². The minimum atomic E-state index is -0.432. The second kappa shape index (κ2) is 7.02. The number of hydrogen-bond donors (Lipinski definition) is 1. The number of aromatic nitrogens is 1. The average Bonchev–Trinajstić information content (AvgIpc) is 2.85. The van der Waals surface area contributed by atoms with E-state index in [2.05, 4.69) is 36.8 Å². The Kier molecular flexibility index (Phi) is 5.60. The minimum absolute atomic E-state index is 0.0543. The third kappa shape index (κ3) is 3.81. The average molecular weight is 439 g/mol. The zero-order chi connectivity index (χ0) is 14.7. The molecule has 0 bridgehead atoms. The highest BCUT2D eigenvalue weighted by atomic mass is 79.9. The molecule has 1 atom stereocenters. The number of carbonyl (C=O) groups is 1. The zero-order valence-corrected chi connectivity index (χ0v) is 15.0. The second-order valence-corrected chi connectivity index (χ2v) is 8.68. The molecular weight excluding hydrogens is 427 g/mol. The van der Waals surface area contributed by atoms with Gasteiger partial charge in [0, 0.05) is 17.4 Å². The molecule has 106 valence electrons. The lowest BCUT2D eigenvalue weighted by Crippen LogP contribution is -2.15. The van der Waals surface area contributed by atoms with Crippen LogP contribution in [-0.2, 0) is 6.42 Å². The Morgan fingerprint density at radius 2 is 2.00 bits per heavy atom. The van der Waals surface area contributed by atoms with Crippen molar-refractivity contribution in [3.63, 3.8) is 0 Å². The molecule has 0 radical (unpaired) electrons. The van der Waals surface area contributed by atoms with Crippen molar-refractivity contribution >= 4 is 60.7 Å². The van der Waals surface area contributed by atoms with Crippen molar-refractivity contribution in [2.45, 2.75) is 16.1 Å². The van der Waals surface area contributed by atoms with Gasteiger partial charge in [-0.3, -0.25) is 4.79 Å². The van der Waals surface area contributed by atoms with Gasteiger partial charge in [-0.2, -0.15) is 0 Å². The number of nitrogens with two attached hydrogens (primary N) is 1. The fourth-order valence-electron chi connectivity index (χ4n) is 1.89. The summed E-state index contributed by atoms with van der Waals surface area (Å²) in [6.07, 6.45) is 0.616. The highest BCUT2D eigenvalue weighted by Gasteiger charge is 2.23. The van der Waals surface area contributed by atoms with Gasteiger partial charge in [0.2, 0.25) is 0 Å². The third-order valence-electron chi connectivity index (χ3n) is 2.88. The predicted octanol–water partition coefficient (Wildman–Crippen LogP) is 4.34. The number of alkyl halides is 2. The maximum Gasteiger partial charge on any atom is 0.260 e. The van der Waals surface area contributed by atoms with Crippen molar-refractivity contribution in [1.29, 1.82) is 0 Å². The lowest BCUT2D eigenvalue weighted by Gasteiger charge is -2.18. The SMILES string of the molecule is NC(=O)c1scnc1CC(c1ccc(Cl)cc1)C(Br)Br. The smallest absolute Gasteiger partial charge is 0.260 e. The summed E-state index contributed by atoms with van der Waals surface area (Å²) in [6, 6.07) is 7.64. The molecule has 0 aliphatic rings. The summed E-state index contributed by atoms with van der Waals surface area (Å²) < 4.78 is 0.0543. The largest absolute Gasteiger partial charge is 0.365 e. The Morgan fingerprint density at radius 1 is 1.35 bits per heavy atom. The van der Waals surface area contributed by atoms with Gasteiger partial charge in [-0.15, -0.1) is 11.3 Å². The Morgan fingerprint density at radius 3 is 2.55 bits per heavy atom. The van der Waals surface area contributed by atoms with Gasteiger partial charge < -0.3 is 5.73 Å². The fourth-order valence-corrected chi connectivity index (χ4v) is 3.67. The van der Waals surface area contributed by atoms with E-state index >= 15 is 0 Å². The molecule has 0 spiro atoms. The van der Waals surface area contributed by atoms with E-state index in [1.54, 1.807) is 5.51 Å². The summed E-state index contributed by atoms with van der Waals surface area (Å²) in [7, 11) is 0. The third-order valence-corrected chi connectivity index (χ3v) is 5.29. The summed E-state index contributed by atoms with van der Waals surface area (Å²) in [5, 5.41) is 0.694. The first-order valence-electron chi connectivity index (χ1n) is 5.75. The molecule has 0 aliphatic heterocycles. The summed E-state index contributed by atoms with van der Waals surface area (Å²) >= 11 is 14.3. The lowest BCUT2D eigenvalue weighted by molar-refractivity contribution is 0.100. The maximum absolute atomic E-state index is 11.4. The number of halogens is 3. The van der Waals surface area contributed by atoms with Gasteiger partial charge >= 0.3 is 0 Å². The van der Waals surface area contributed by atoms with Crippen LogP contribution in [0.3, 0.4) is 0 Å². The first-order valence-corrected chi connectivity index (χ1v) is 8.83. The van der Waals surface area contributed by atoms with Crippen LogP contribution in [0.15, 0.2) is 29.8 Å². The van der Waals surface area contributed by atoms with Crippen LogP contribution in [0.1, 0.15) is 26.8 Å². The van der Waals surface area contributed by atoms with Crippen molar-refractivity contribution in [2.24, 2.45) is 5.73 Å². The van der Waals surface area contributed by atoms with E-state index < -0.39 is 5.91 Å². The molecule has 1 heterocycles. The molecule has 0 saturated carbocycles. The van der Waals surface area contributed by atoms with E-state index in [0.29, 0.717) is 16.3 Å². The van der Waals surface area contributed by atoms with Crippen LogP contribution in [0.2, 0.25) is 5.02 Å². The van der Waals surface area contributed by atoms with E-state index in [-0.39, 0.29) is 9.65 Å². The number of primary amides is 1. The minimum Gasteiger partial charge on any atom is -0.365 e. The topological polar surface area (TPSA) is 56.0 Å². The second-order valence-electron chi connectivity index (χ2n) is 4.19. The molecular formula is C13H11Br2ClN2OS. The molecule has 2 rings (SSSR count). The van der Waals surface area contributed by atoms with E-state index in [1.165, 1.54) is 11.3 Å². The van der Waals surface area contributed by atoms with Crippen LogP contribution in [-0.4, -0.2) is 14.6 Å². The molecule has 0 aliphatic carbocycles. The zero-order valence-electron chi connectivity index (χ0n) is 10.2. The summed E-state index contributed by atoms with van der Waals surface area (Å²) in [4.78, 5) is 16.1. The lowest BCUT2D eigenvalue weighted by atomic mass is 9.96. The Bertz CT molecular complexity index is 601. The van der Waals surface area contributed by atoms with Crippen LogP contribution in [0, 0.1) is 0 Å². The molecule has 2 aromatic rings. The van der Waals surface area contributed by atoms with Crippen molar-refractivity contribution < 1.29 is 4.79 Å². The van der Waals surface area contributed by atoms with E-state index in [4.69, 9.17) is 17.3 Å². The normalized spacial score (nSPS) is 12.6. The predicted molar refractivity (Wildman–Crippen MR) is 90.2 cm³/mol. The van der Waals surface area contributed by atoms with Gasteiger partial charge in [0.15, 0.2) is 0 Å². The molecule has 1 amide bonds. The number of thiazole rings is 1. The number of hydrogen-bond acceptors (Lipinski definition) is 3. The van der Waals surface area contributed by atoms with Gasteiger partial charge in [-0.05, 0) is 17.7 Å². The molecule has 0 saturated heterocycles. The van der Waals surface area contributed by atoms with Crippen LogP contribution in [0.4, 0.5) is 0 Å². The Balaban J connectivity index is 2.28. The molecule has 2 N–H and O–H groups in total. The highest BCUT2D eigenvalue weighted by molar-refractivity contribution is 9.24. The van der Waals surface area contributed by atoms with Gasteiger partial charge in [-0.25, -0.2) is 4.98 Å². The van der Waals surface area contributed by atoms with Gasteiger partial charge in [0.1, 0.15) is 4.88 Å². The van der Waals surface area contributed by atoms with Crippen molar-refractivity contribution in [1.82, 2.24) is 4.98 Å². The number of nitrogens with zero attached hydrogens (tertiary/aromatic N) is 1. The molecule has 20 heavy (non-hydrogen) atoms. The quantitative estimate of drug-likeness (QED) is 0.706. The molecule has 1 aromatic carbocycles. The number of benzene rings is 1. The molecule has 1 aromatic heterocycles. The van der Waals surface area contributed by atoms with Crippen molar-refractivity contribution in [2.75, 3.05) is 0 Å². The Hall–Kier alpha value is -0.430. The van der Waals surface area contributed by atoms with Crippen LogP contribution in [0.5, 0.6) is 0 Å². The summed E-state index contributed by atoms with van der Waals surface area (Å²) in [5.74, 6) is -0.314. The van der Waals surface area contributed by atoms with Crippen LogP contribution < -0.4 is 5.73 Å². The number of carbonyl (C=O) groups excluding carboxylic acids is 1. The first-order chi connectivity index (χ1) is 9.49. The summed E-state index contributed by atoms with van der Waals surface area (Å²) in [5.41, 5.74) is 8.84. The van der Waals surface area contributed by atoms with Gasteiger partial charge in [0.25, 0.3) is 5.91 Å². The van der Waals surface area contributed by atoms with Crippen LogP contribution in [0.25, 0.3) is 0 Å². The highest BCUT2D eigenvalue weighted by Crippen LogP contribution is 2.34.